The summed E-state index contributed by atoms with van der Waals surface area (Å²) in [5, 5.41) is 0. The van der Waals surface area contributed by atoms with Crippen LogP contribution in [0.3, 0.4) is 0 Å². The molecule has 106 valence electrons. The fourth-order valence-corrected chi connectivity index (χ4v) is 1.81. The van der Waals surface area contributed by atoms with Gasteiger partial charge in [0.1, 0.15) is 5.75 Å². The molecule has 0 radical (unpaired) electrons. The molecule has 2 heteroatoms. The highest BCUT2D eigenvalue weighted by Gasteiger charge is 2.07. The Morgan fingerprint density at radius 1 is 1.11 bits per heavy atom. The van der Waals surface area contributed by atoms with Crippen molar-refractivity contribution in [3.05, 3.63) is 36.4 Å². The Morgan fingerprint density at radius 2 is 1.84 bits per heavy atom. The molecule has 0 heterocycles. The van der Waals surface area contributed by atoms with Crippen LogP contribution in [-0.2, 0) is 4.74 Å². The van der Waals surface area contributed by atoms with Gasteiger partial charge in [0.25, 0.3) is 0 Å². The van der Waals surface area contributed by atoms with Gasteiger partial charge in [-0.2, -0.15) is 0 Å². The first kappa shape index (κ1) is 15.8. The molecular formula is C17H26O2. The molecule has 19 heavy (non-hydrogen) atoms. The van der Waals surface area contributed by atoms with E-state index in [2.05, 4.69) is 20.4 Å². The third-order valence-electron chi connectivity index (χ3n) is 3.02. The Hall–Kier alpha value is -1.28. The molecular weight excluding hydrogens is 236 g/mol. The Balaban J connectivity index is 2.32. The summed E-state index contributed by atoms with van der Waals surface area (Å²) < 4.78 is 11.6. The van der Waals surface area contributed by atoms with Gasteiger partial charge in [-0.05, 0) is 24.1 Å². The SMILES string of the molecule is C=Cc1ccc(OC(CC)OCCCCCC)cc1. The molecule has 0 aliphatic rings. The van der Waals surface area contributed by atoms with Crippen molar-refractivity contribution >= 4 is 6.08 Å². The Morgan fingerprint density at radius 3 is 2.42 bits per heavy atom. The second kappa shape index (κ2) is 9.62. The molecule has 1 rings (SSSR count). The smallest absolute Gasteiger partial charge is 0.199 e. The van der Waals surface area contributed by atoms with Crippen LogP contribution in [0.5, 0.6) is 5.75 Å². The summed E-state index contributed by atoms with van der Waals surface area (Å²) in [6.45, 7) is 8.81. The number of benzene rings is 1. The Bertz CT molecular complexity index is 343. The summed E-state index contributed by atoms with van der Waals surface area (Å²) >= 11 is 0. The molecule has 1 unspecified atom stereocenters. The van der Waals surface area contributed by atoms with Crippen LogP contribution >= 0.6 is 0 Å². The molecule has 0 saturated heterocycles. The largest absolute Gasteiger partial charge is 0.465 e. The maximum Gasteiger partial charge on any atom is 0.199 e. The highest BCUT2D eigenvalue weighted by Crippen LogP contribution is 2.16. The van der Waals surface area contributed by atoms with Gasteiger partial charge in [0.15, 0.2) is 6.29 Å². The van der Waals surface area contributed by atoms with Crippen molar-refractivity contribution in [1.29, 1.82) is 0 Å². The number of ether oxygens (including phenoxy) is 2. The fourth-order valence-electron chi connectivity index (χ4n) is 1.81. The van der Waals surface area contributed by atoms with E-state index in [0.717, 1.165) is 30.8 Å². The Kier molecular flexibility index (Phi) is 7.99. The van der Waals surface area contributed by atoms with Crippen LogP contribution in [0.1, 0.15) is 51.5 Å². The van der Waals surface area contributed by atoms with E-state index in [0.29, 0.717) is 0 Å². The molecule has 0 saturated carbocycles. The van der Waals surface area contributed by atoms with E-state index in [1.807, 2.05) is 30.3 Å². The van der Waals surface area contributed by atoms with E-state index < -0.39 is 0 Å². The monoisotopic (exact) mass is 262 g/mol. The standard InChI is InChI=1S/C17H26O2/c1-4-7-8-9-14-18-17(6-3)19-16-12-10-15(5-2)11-13-16/h5,10-13,17H,2,4,6-9,14H2,1,3H3. The molecule has 1 atom stereocenters. The summed E-state index contributed by atoms with van der Waals surface area (Å²) in [7, 11) is 0. The van der Waals surface area contributed by atoms with Crippen molar-refractivity contribution in [3.8, 4) is 5.75 Å². The van der Waals surface area contributed by atoms with Crippen molar-refractivity contribution in [1.82, 2.24) is 0 Å². The second-order valence-corrected chi connectivity index (χ2v) is 4.66. The third kappa shape index (κ3) is 6.44. The van der Waals surface area contributed by atoms with Gasteiger partial charge >= 0.3 is 0 Å². The van der Waals surface area contributed by atoms with Gasteiger partial charge in [-0.3, -0.25) is 0 Å². The van der Waals surface area contributed by atoms with E-state index in [1.165, 1.54) is 19.3 Å². The average molecular weight is 262 g/mol. The van der Waals surface area contributed by atoms with Gasteiger partial charge in [-0.1, -0.05) is 57.9 Å². The number of rotatable bonds is 10. The number of hydrogen-bond acceptors (Lipinski definition) is 2. The van der Waals surface area contributed by atoms with Crippen molar-refractivity contribution in [2.24, 2.45) is 0 Å². The normalized spacial score (nSPS) is 12.1. The van der Waals surface area contributed by atoms with Crippen molar-refractivity contribution in [3.63, 3.8) is 0 Å². The van der Waals surface area contributed by atoms with E-state index in [4.69, 9.17) is 9.47 Å². The van der Waals surface area contributed by atoms with Gasteiger partial charge in [-0.25, -0.2) is 0 Å². The zero-order valence-corrected chi connectivity index (χ0v) is 12.2. The van der Waals surface area contributed by atoms with Crippen LogP contribution < -0.4 is 4.74 Å². The minimum absolute atomic E-state index is 0.142. The van der Waals surface area contributed by atoms with Gasteiger partial charge in [0.05, 0.1) is 6.61 Å². The van der Waals surface area contributed by atoms with Crippen molar-refractivity contribution in [2.75, 3.05) is 6.61 Å². The van der Waals surface area contributed by atoms with Gasteiger partial charge < -0.3 is 9.47 Å². The van der Waals surface area contributed by atoms with E-state index in [9.17, 15) is 0 Å². The first-order valence-electron chi connectivity index (χ1n) is 7.30. The molecule has 0 bridgehead atoms. The lowest BCUT2D eigenvalue weighted by molar-refractivity contribution is -0.0825. The molecule has 1 aromatic rings. The molecule has 0 aliphatic carbocycles. The molecule has 0 N–H and O–H groups in total. The van der Waals surface area contributed by atoms with Gasteiger partial charge in [0.2, 0.25) is 0 Å². The van der Waals surface area contributed by atoms with Crippen LogP contribution in [0.15, 0.2) is 30.8 Å². The highest BCUT2D eigenvalue weighted by molar-refractivity contribution is 5.48. The second-order valence-electron chi connectivity index (χ2n) is 4.66. The summed E-state index contributed by atoms with van der Waals surface area (Å²) in [6, 6.07) is 7.91. The predicted octanol–water partition coefficient (Wildman–Crippen LogP) is 5.04. The molecule has 2 nitrogen and oxygen atoms in total. The van der Waals surface area contributed by atoms with Crippen LogP contribution in [0, 0.1) is 0 Å². The molecule has 0 fully saturated rings. The minimum Gasteiger partial charge on any atom is -0.465 e. The quantitative estimate of drug-likeness (QED) is 0.434. The average Bonchev–Trinajstić information content (AvgIpc) is 2.46. The van der Waals surface area contributed by atoms with Gasteiger partial charge in [-0.15, -0.1) is 0 Å². The van der Waals surface area contributed by atoms with E-state index in [-0.39, 0.29) is 6.29 Å². The zero-order valence-electron chi connectivity index (χ0n) is 12.2. The van der Waals surface area contributed by atoms with Crippen LogP contribution in [0.4, 0.5) is 0 Å². The van der Waals surface area contributed by atoms with Crippen LogP contribution in [-0.4, -0.2) is 12.9 Å². The van der Waals surface area contributed by atoms with Gasteiger partial charge in [0, 0.05) is 6.42 Å². The number of hydrogen-bond donors (Lipinski definition) is 0. The minimum atomic E-state index is -0.142. The first-order valence-corrected chi connectivity index (χ1v) is 7.30. The summed E-state index contributed by atoms with van der Waals surface area (Å²) in [5.41, 5.74) is 1.10. The lowest BCUT2D eigenvalue weighted by Gasteiger charge is -2.18. The lowest BCUT2D eigenvalue weighted by atomic mass is 10.2. The summed E-state index contributed by atoms with van der Waals surface area (Å²) in [6.07, 6.45) is 7.43. The molecule has 1 aromatic carbocycles. The molecule has 0 aromatic heterocycles. The fraction of sp³-hybridized carbons (Fsp3) is 0.529. The predicted molar refractivity (Wildman–Crippen MR) is 81.3 cm³/mol. The summed E-state index contributed by atoms with van der Waals surface area (Å²) in [4.78, 5) is 0. The van der Waals surface area contributed by atoms with E-state index >= 15 is 0 Å². The Labute approximate surface area is 117 Å². The first-order chi connectivity index (χ1) is 9.30. The van der Waals surface area contributed by atoms with E-state index in [1.54, 1.807) is 0 Å². The molecule has 0 aliphatic heterocycles. The molecule has 0 amide bonds. The third-order valence-corrected chi connectivity index (χ3v) is 3.02. The van der Waals surface area contributed by atoms with Crippen LogP contribution in [0.25, 0.3) is 6.08 Å². The maximum absolute atomic E-state index is 5.81. The number of unbranched alkanes of at least 4 members (excludes halogenated alkanes) is 3. The maximum atomic E-state index is 5.81. The topological polar surface area (TPSA) is 18.5 Å². The zero-order chi connectivity index (χ0) is 13.9. The highest BCUT2D eigenvalue weighted by atomic mass is 16.7. The summed E-state index contributed by atoms with van der Waals surface area (Å²) in [5.74, 6) is 0.853. The van der Waals surface area contributed by atoms with Crippen molar-refractivity contribution in [2.45, 2.75) is 52.2 Å². The van der Waals surface area contributed by atoms with Crippen LogP contribution in [0.2, 0.25) is 0 Å². The lowest BCUT2D eigenvalue weighted by Crippen LogP contribution is -2.20. The molecule has 0 spiro atoms. The van der Waals surface area contributed by atoms with Crippen molar-refractivity contribution < 1.29 is 9.47 Å².